The molecule has 1 aromatic rings. The molecular formula is C13H19N3O3. The summed E-state index contributed by atoms with van der Waals surface area (Å²) < 4.78 is 0. The number of hydrogen-bond donors (Lipinski definition) is 4. The molecule has 104 valence electrons. The Labute approximate surface area is 111 Å². The van der Waals surface area contributed by atoms with Gasteiger partial charge in [0.05, 0.1) is 0 Å². The number of carboxylic acid groups (broad SMARTS) is 1. The first-order chi connectivity index (χ1) is 8.81. The zero-order valence-electron chi connectivity index (χ0n) is 11.1. The van der Waals surface area contributed by atoms with Gasteiger partial charge in [-0.25, -0.2) is 4.79 Å². The quantitative estimate of drug-likeness (QED) is 0.621. The molecule has 0 spiro atoms. The van der Waals surface area contributed by atoms with Gasteiger partial charge in [-0.3, -0.25) is 4.79 Å². The van der Waals surface area contributed by atoms with Crippen LogP contribution in [0.1, 0.15) is 27.0 Å². The minimum atomic E-state index is -1.09. The van der Waals surface area contributed by atoms with Crippen LogP contribution in [0.4, 0.5) is 4.79 Å². The van der Waals surface area contributed by atoms with Gasteiger partial charge in [0.15, 0.2) is 0 Å². The lowest BCUT2D eigenvalue weighted by atomic mass is 9.94. The van der Waals surface area contributed by atoms with Gasteiger partial charge in [-0.1, -0.05) is 0 Å². The van der Waals surface area contributed by atoms with Crippen LogP contribution < -0.4 is 16.8 Å². The first-order valence-corrected chi connectivity index (χ1v) is 5.93. The number of amides is 2. The molecule has 0 aliphatic rings. The number of hydrogen-bond acceptors (Lipinski definition) is 3. The maximum Gasteiger partial charge on any atom is 0.404 e. The Morgan fingerprint density at radius 2 is 1.84 bits per heavy atom. The van der Waals surface area contributed by atoms with Crippen molar-refractivity contribution in [2.75, 3.05) is 6.54 Å². The minimum Gasteiger partial charge on any atom is -0.465 e. The van der Waals surface area contributed by atoms with E-state index in [1.54, 1.807) is 12.1 Å². The third kappa shape index (κ3) is 4.26. The molecular weight excluding hydrogens is 246 g/mol. The standard InChI is InChI=1S/C13H19N3O3/c1-7-3-9(12(15)17)4-8(2)11(7)5-10(14)6-16-13(18)19/h3-4,10,16H,5-6,14H2,1-2H3,(H2,15,17)(H,18,19). The first-order valence-electron chi connectivity index (χ1n) is 5.93. The van der Waals surface area contributed by atoms with Crippen LogP contribution >= 0.6 is 0 Å². The van der Waals surface area contributed by atoms with E-state index in [0.29, 0.717) is 12.0 Å². The summed E-state index contributed by atoms with van der Waals surface area (Å²) in [6.07, 6.45) is -0.551. The molecule has 0 saturated carbocycles. The van der Waals surface area contributed by atoms with Gasteiger partial charge < -0.3 is 21.9 Å². The molecule has 0 aliphatic heterocycles. The lowest BCUT2D eigenvalue weighted by Crippen LogP contribution is -2.38. The van der Waals surface area contributed by atoms with Gasteiger partial charge >= 0.3 is 6.09 Å². The summed E-state index contributed by atoms with van der Waals surface area (Å²) in [7, 11) is 0. The smallest absolute Gasteiger partial charge is 0.404 e. The molecule has 6 heteroatoms. The Kier molecular flexibility index (Phi) is 4.88. The van der Waals surface area contributed by atoms with Crippen LogP contribution in [-0.2, 0) is 6.42 Å². The van der Waals surface area contributed by atoms with E-state index >= 15 is 0 Å². The van der Waals surface area contributed by atoms with Crippen molar-refractivity contribution in [1.29, 1.82) is 0 Å². The van der Waals surface area contributed by atoms with Crippen molar-refractivity contribution in [3.8, 4) is 0 Å². The van der Waals surface area contributed by atoms with Crippen LogP contribution in [0.3, 0.4) is 0 Å². The van der Waals surface area contributed by atoms with Crippen LogP contribution in [0.15, 0.2) is 12.1 Å². The second-order valence-electron chi connectivity index (χ2n) is 4.60. The molecule has 6 nitrogen and oxygen atoms in total. The number of nitrogens with two attached hydrogens (primary N) is 2. The Bertz CT molecular complexity index is 477. The Morgan fingerprint density at radius 3 is 2.26 bits per heavy atom. The van der Waals surface area contributed by atoms with Crippen molar-refractivity contribution in [2.45, 2.75) is 26.3 Å². The van der Waals surface area contributed by atoms with Crippen LogP contribution in [-0.4, -0.2) is 29.7 Å². The number of carbonyl (C=O) groups excluding carboxylic acids is 1. The van der Waals surface area contributed by atoms with E-state index in [0.717, 1.165) is 16.7 Å². The lowest BCUT2D eigenvalue weighted by molar-refractivity contribution is 0.1000. The molecule has 0 fully saturated rings. The number of carbonyl (C=O) groups is 2. The molecule has 1 aromatic carbocycles. The van der Waals surface area contributed by atoms with Crippen molar-refractivity contribution in [2.24, 2.45) is 11.5 Å². The fraction of sp³-hybridized carbons (Fsp3) is 0.385. The SMILES string of the molecule is Cc1cc(C(N)=O)cc(C)c1CC(N)CNC(=O)O. The van der Waals surface area contributed by atoms with Crippen molar-refractivity contribution in [3.63, 3.8) is 0 Å². The lowest BCUT2D eigenvalue weighted by Gasteiger charge is -2.16. The molecule has 0 aromatic heterocycles. The van der Waals surface area contributed by atoms with Gasteiger partial charge in [0, 0.05) is 18.2 Å². The third-order valence-corrected chi connectivity index (χ3v) is 2.96. The van der Waals surface area contributed by atoms with Gasteiger partial charge in [0.1, 0.15) is 0 Å². The molecule has 6 N–H and O–H groups in total. The highest BCUT2D eigenvalue weighted by Gasteiger charge is 2.12. The monoisotopic (exact) mass is 265 g/mol. The number of benzene rings is 1. The highest BCUT2D eigenvalue weighted by atomic mass is 16.4. The van der Waals surface area contributed by atoms with Gasteiger partial charge in [0.25, 0.3) is 0 Å². The number of primary amides is 1. The summed E-state index contributed by atoms with van der Waals surface area (Å²) in [4.78, 5) is 21.5. The summed E-state index contributed by atoms with van der Waals surface area (Å²) in [5.41, 5.74) is 14.5. The predicted molar refractivity (Wildman–Crippen MR) is 72.1 cm³/mol. The first kappa shape index (κ1) is 15.0. The average molecular weight is 265 g/mol. The van der Waals surface area contributed by atoms with E-state index in [-0.39, 0.29) is 12.6 Å². The molecule has 0 aliphatic carbocycles. The summed E-state index contributed by atoms with van der Waals surface area (Å²) in [5, 5.41) is 10.8. The molecule has 1 atom stereocenters. The van der Waals surface area contributed by atoms with Crippen molar-refractivity contribution < 1.29 is 14.7 Å². The van der Waals surface area contributed by atoms with Gasteiger partial charge in [-0.2, -0.15) is 0 Å². The molecule has 1 unspecified atom stereocenters. The molecule has 1 rings (SSSR count). The summed E-state index contributed by atoms with van der Waals surface area (Å²) >= 11 is 0. The second kappa shape index (κ2) is 6.19. The molecule has 0 radical (unpaired) electrons. The zero-order chi connectivity index (χ0) is 14.6. The molecule has 19 heavy (non-hydrogen) atoms. The van der Waals surface area contributed by atoms with Crippen LogP contribution in [0, 0.1) is 13.8 Å². The summed E-state index contributed by atoms with van der Waals surface area (Å²) in [6.45, 7) is 3.95. The van der Waals surface area contributed by atoms with E-state index in [9.17, 15) is 9.59 Å². The van der Waals surface area contributed by atoms with Gasteiger partial charge in [-0.15, -0.1) is 0 Å². The Hall–Kier alpha value is -2.08. The highest BCUT2D eigenvalue weighted by molar-refractivity contribution is 5.93. The molecule has 0 saturated heterocycles. The maximum absolute atomic E-state index is 11.1. The Balaban J connectivity index is 2.84. The van der Waals surface area contributed by atoms with Crippen molar-refractivity contribution in [3.05, 3.63) is 34.4 Å². The summed E-state index contributed by atoms with van der Waals surface area (Å²) in [6, 6.07) is 3.14. The summed E-state index contributed by atoms with van der Waals surface area (Å²) in [5.74, 6) is -0.463. The zero-order valence-corrected chi connectivity index (χ0v) is 11.1. The van der Waals surface area contributed by atoms with E-state index in [1.165, 1.54) is 0 Å². The van der Waals surface area contributed by atoms with E-state index in [2.05, 4.69) is 5.32 Å². The van der Waals surface area contributed by atoms with Crippen LogP contribution in [0.2, 0.25) is 0 Å². The van der Waals surface area contributed by atoms with Crippen LogP contribution in [0.25, 0.3) is 0 Å². The molecule has 2 amide bonds. The largest absolute Gasteiger partial charge is 0.465 e. The second-order valence-corrected chi connectivity index (χ2v) is 4.60. The van der Waals surface area contributed by atoms with E-state index in [4.69, 9.17) is 16.6 Å². The minimum absolute atomic E-state index is 0.186. The van der Waals surface area contributed by atoms with Crippen molar-refractivity contribution >= 4 is 12.0 Å². The maximum atomic E-state index is 11.1. The van der Waals surface area contributed by atoms with E-state index < -0.39 is 12.0 Å². The number of rotatable bonds is 5. The normalized spacial score (nSPS) is 11.9. The van der Waals surface area contributed by atoms with Gasteiger partial charge in [-0.05, 0) is 49.1 Å². The predicted octanol–water partition coefficient (Wildman–Crippen LogP) is 0.540. The van der Waals surface area contributed by atoms with Crippen LogP contribution in [0.5, 0.6) is 0 Å². The number of nitrogens with one attached hydrogen (secondary N) is 1. The third-order valence-electron chi connectivity index (χ3n) is 2.96. The number of aryl methyl sites for hydroxylation is 2. The topological polar surface area (TPSA) is 118 Å². The van der Waals surface area contributed by atoms with Crippen molar-refractivity contribution in [1.82, 2.24) is 5.32 Å². The molecule has 0 bridgehead atoms. The molecule has 0 heterocycles. The van der Waals surface area contributed by atoms with Gasteiger partial charge in [0.2, 0.25) is 5.91 Å². The Morgan fingerprint density at radius 1 is 1.32 bits per heavy atom. The fourth-order valence-corrected chi connectivity index (χ4v) is 2.01. The highest BCUT2D eigenvalue weighted by Crippen LogP contribution is 2.18. The fourth-order valence-electron chi connectivity index (χ4n) is 2.01. The average Bonchev–Trinajstić information content (AvgIpc) is 2.30. The van der Waals surface area contributed by atoms with E-state index in [1.807, 2.05) is 13.8 Å².